The molecule has 0 saturated carbocycles. The van der Waals surface area contributed by atoms with Crippen molar-refractivity contribution in [1.82, 2.24) is 14.8 Å². The van der Waals surface area contributed by atoms with Gasteiger partial charge in [0.05, 0.1) is 12.6 Å². The fourth-order valence-corrected chi connectivity index (χ4v) is 5.65. The Morgan fingerprint density at radius 3 is 2.59 bits per heavy atom. The Balaban J connectivity index is 1.50. The lowest BCUT2D eigenvalue weighted by molar-refractivity contribution is -0.128. The number of halogens is 1. The molecule has 2 atom stereocenters. The molecule has 1 saturated heterocycles. The van der Waals surface area contributed by atoms with E-state index >= 15 is 0 Å². The zero-order valence-corrected chi connectivity index (χ0v) is 18.7. The number of nitrogens with zero attached hydrogens (tertiary/aromatic N) is 2. The Hall–Kier alpha value is -3.15. The molecular weight excluding hydrogens is 438 g/mol. The Kier molecular flexibility index (Phi) is 4.56. The van der Waals surface area contributed by atoms with Crippen LogP contribution in [0.3, 0.4) is 0 Å². The van der Waals surface area contributed by atoms with E-state index in [1.807, 2.05) is 60.7 Å². The van der Waals surface area contributed by atoms with E-state index < -0.39 is 0 Å². The molecule has 0 radical (unpaired) electrons. The maximum atomic E-state index is 13.6. The van der Waals surface area contributed by atoms with Crippen molar-refractivity contribution in [3.63, 3.8) is 0 Å². The van der Waals surface area contributed by atoms with Crippen molar-refractivity contribution >= 4 is 45.7 Å². The molecule has 0 spiro atoms. The molecule has 6 rings (SSSR count). The van der Waals surface area contributed by atoms with Gasteiger partial charge in [-0.1, -0.05) is 72.3 Å². The fourth-order valence-electron chi connectivity index (χ4n) is 5.06. The number of aromatic amines is 1. The summed E-state index contributed by atoms with van der Waals surface area (Å²) in [4.78, 5) is 21.1. The van der Waals surface area contributed by atoms with Crippen LogP contribution in [0.4, 0.5) is 0 Å². The van der Waals surface area contributed by atoms with Gasteiger partial charge in [-0.25, -0.2) is 0 Å². The van der Waals surface area contributed by atoms with E-state index in [1.165, 1.54) is 5.56 Å². The van der Waals surface area contributed by atoms with Crippen molar-refractivity contribution < 1.29 is 4.79 Å². The zero-order valence-electron chi connectivity index (χ0n) is 17.2. The SMILES string of the molecule is O=C1C2Cc3c([nH]c4ccccc34)C(c3cccc(Cl)c3)N2C(=S)N1Cc1ccccc1. The molecule has 158 valence electrons. The lowest BCUT2D eigenvalue weighted by Crippen LogP contribution is -2.44. The van der Waals surface area contributed by atoms with Gasteiger partial charge in [-0.2, -0.15) is 0 Å². The molecule has 1 fully saturated rings. The molecule has 3 aromatic carbocycles. The minimum atomic E-state index is -0.332. The van der Waals surface area contributed by atoms with Gasteiger partial charge < -0.3 is 9.88 Å². The third-order valence-electron chi connectivity index (χ3n) is 6.48. The van der Waals surface area contributed by atoms with Crippen LogP contribution in [0.15, 0.2) is 78.9 Å². The van der Waals surface area contributed by atoms with Crippen LogP contribution in [0.2, 0.25) is 5.02 Å². The number of hydrogen-bond donors (Lipinski definition) is 1. The minimum Gasteiger partial charge on any atom is -0.356 e. The number of nitrogens with one attached hydrogen (secondary N) is 1. The lowest BCUT2D eigenvalue weighted by atomic mass is 9.89. The number of benzene rings is 3. The van der Waals surface area contributed by atoms with Crippen LogP contribution in [0.25, 0.3) is 10.9 Å². The van der Waals surface area contributed by atoms with E-state index in [9.17, 15) is 4.79 Å². The van der Waals surface area contributed by atoms with Crippen molar-refractivity contribution in [1.29, 1.82) is 0 Å². The van der Waals surface area contributed by atoms with Crippen LogP contribution in [-0.4, -0.2) is 31.8 Å². The highest BCUT2D eigenvalue weighted by atomic mass is 35.5. The Labute approximate surface area is 196 Å². The average Bonchev–Trinajstić information content (AvgIpc) is 3.29. The summed E-state index contributed by atoms with van der Waals surface area (Å²) < 4.78 is 0. The van der Waals surface area contributed by atoms with Gasteiger partial charge in [0, 0.05) is 28.0 Å². The number of H-pyrrole nitrogens is 1. The van der Waals surface area contributed by atoms with Gasteiger partial charge in [0.15, 0.2) is 5.11 Å². The zero-order chi connectivity index (χ0) is 21.8. The number of amides is 1. The first-order valence-electron chi connectivity index (χ1n) is 10.6. The number of fused-ring (bicyclic) bond motifs is 4. The summed E-state index contributed by atoms with van der Waals surface area (Å²) in [5.41, 5.74) is 5.43. The predicted octanol–water partition coefficient (Wildman–Crippen LogP) is 5.46. The first-order valence-corrected chi connectivity index (χ1v) is 11.4. The summed E-state index contributed by atoms with van der Waals surface area (Å²) in [6, 6.07) is 25.6. The molecule has 3 heterocycles. The highest BCUT2D eigenvalue weighted by molar-refractivity contribution is 7.80. The summed E-state index contributed by atoms with van der Waals surface area (Å²) in [5.74, 6) is 0.0572. The number of rotatable bonds is 3. The molecule has 2 unspecified atom stereocenters. The van der Waals surface area contributed by atoms with E-state index in [2.05, 4.69) is 28.1 Å². The number of thiocarbonyl (C=S) groups is 1. The van der Waals surface area contributed by atoms with Crippen LogP contribution in [0, 0.1) is 0 Å². The largest absolute Gasteiger partial charge is 0.356 e. The number of aromatic nitrogens is 1. The molecule has 1 aromatic heterocycles. The first-order chi connectivity index (χ1) is 15.6. The van der Waals surface area contributed by atoms with Gasteiger partial charge in [-0.05, 0) is 47.1 Å². The molecule has 0 aliphatic carbocycles. The Morgan fingerprint density at radius 1 is 1.00 bits per heavy atom. The van der Waals surface area contributed by atoms with Crippen LogP contribution in [-0.2, 0) is 17.8 Å². The Bertz CT molecular complexity index is 1370. The monoisotopic (exact) mass is 457 g/mol. The van der Waals surface area contributed by atoms with Crippen molar-refractivity contribution in [3.8, 4) is 0 Å². The van der Waals surface area contributed by atoms with Crippen molar-refractivity contribution in [2.45, 2.75) is 25.0 Å². The minimum absolute atomic E-state index is 0.0572. The van der Waals surface area contributed by atoms with Gasteiger partial charge in [0.25, 0.3) is 5.91 Å². The van der Waals surface area contributed by atoms with Gasteiger partial charge >= 0.3 is 0 Å². The normalized spacial score (nSPS) is 20.0. The molecule has 0 bridgehead atoms. The van der Waals surface area contributed by atoms with Gasteiger partial charge in [0.1, 0.15) is 6.04 Å². The Morgan fingerprint density at radius 2 is 1.78 bits per heavy atom. The third-order valence-corrected chi connectivity index (χ3v) is 7.15. The van der Waals surface area contributed by atoms with Crippen molar-refractivity contribution in [3.05, 3.63) is 106 Å². The second-order valence-electron chi connectivity index (χ2n) is 8.34. The van der Waals surface area contributed by atoms with E-state index in [0.717, 1.165) is 27.7 Å². The van der Waals surface area contributed by atoms with Gasteiger partial charge in [-0.3, -0.25) is 9.69 Å². The van der Waals surface area contributed by atoms with Crippen LogP contribution in [0.5, 0.6) is 0 Å². The molecule has 6 heteroatoms. The number of carbonyl (C=O) groups excluding carboxylic acids is 1. The summed E-state index contributed by atoms with van der Waals surface area (Å²) in [5, 5.41) is 2.40. The van der Waals surface area contributed by atoms with Crippen molar-refractivity contribution in [2.75, 3.05) is 0 Å². The standard InChI is InChI=1S/C26H20ClN3OS/c27-18-10-6-9-17(13-18)24-23-20(19-11-4-5-12-21(19)28-23)14-22-25(31)29(26(32)30(22)24)15-16-7-2-1-3-8-16/h1-13,22,24,28H,14-15H2. The second kappa shape index (κ2) is 7.47. The smallest absolute Gasteiger partial charge is 0.252 e. The highest BCUT2D eigenvalue weighted by Crippen LogP contribution is 2.44. The number of hydrogen-bond acceptors (Lipinski definition) is 2. The molecule has 2 aliphatic heterocycles. The predicted molar refractivity (Wildman–Crippen MR) is 131 cm³/mol. The number of para-hydroxylation sites is 1. The third kappa shape index (κ3) is 2.96. The van der Waals surface area contributed by atoms with Crippen LogP contribution in [0.1, 0.15) is 28.4 Å². The maximum absolute atomic E-state index is 13.6. The lowest BCUT2D eigenvalue weighted by Gasteiger charge is -2.37. The average molecular weight is 458 g/mol. The van der Waals surface area contributed by atoms with Gasteiger partial charge in [0.2, 0.25) is 0 Å². The van der Waals surface area contributed by atoms with E-state index in [4.69, 9.17) is 23.8 Å². The summed E-state index contributed by atoms with van der Waals surface area (Å²) in [7, 11) is 0. The molecule has 1 amide bonds. The fraction of sp³-hybridized carbons (Fsp3) is 0.154. The summed E-state index contributed by atoms with van der Waals surface area (Å²) in [6.45, 7) is 0.475. The topological polar surface area (TPSA) is 39.3 Å². The molecule has 1 N–H and O–H groups in total. The van der Waals surface area contributed by atoms with Crippen LogP contribution < -0.4 is 0 Å². The first kappa shape index (κ1) is 19.5. The highest BCUT2D eigenvalue weighted by Gasteiger charge is 2.50. The van der Waals surface area contributed by atoms with Gasteiger partial charge in [-0.15, -0.1) is 0 Å². The molecule has 4 aromatic rings. The molecule has 32 heavy (non-hydrogen) atoms. The molecular formula is C26H20ClN3OS. The quantitative estimate of drug-likeness (QED) is 0.415. The second-order valence-corrected chi connectivity index (χ2v) is 9.14. The molecule has 4 nitrogen and oxygen atoms in total. The van der Waals surface area contributed by atoms with E-state index in [1.54, 1.807) is 4.90 Å². The van der Waals surface area contributed by atoms with E-state index in [-0.39, 0.29) is 18.0 Å². The van der Waals surface area contributed by atoms with Crippen molar-refractivity contribution in [2.24, 2.45) is 0 Å². The van der Waals surface area contributed by atoms with Crippen LogP contribution >= 0.6 is 23.8 Å². The summed E-state index contributed by atoms with van der Waals surface area (Å²) >= 11 is 12.3. The van der Waals surface area contributed by atoms with E-state index in [0.29, 0.717) is 23.1 Å². The molecule has 2 aliphatic rings. The maximum Gasteiger partial charge on any atom is 0.252 e. The number of carbonyl (C=O) groups is 1. The summed E-state index contributed by atoms with van der Waals surface area (Å²) in [6.07, 6.45) is 0.626.